The molecule has 1 aliphatic heterocycles. The number of ether oxygens (including phenoxy) is 2. The first-order valence-electron chi connectivity index (χ1n) is 10.5. The molecule has 2 heterocycles. The van der Waals surface area contributed by atoms with Crippen LogP contribution in [-0.2, 0) is 9.47 Å². The summed E-state index contributed by atoms with van der Waals surface area (Å²) in [4.78, 5) is 26.8. The molecule has 2 N–H and O–H groups in total. The van der Waals surface area contributed by atoms with Gasteiger partial charge in [0.25, 0.3) is 5.91 Å². The summed E-state index contributed by atoms with van der Waals surface area (Å²) in [5.41, 5.74) is 0.488. The van der Waals surface area contributed by atoms with E-state index in [2.05, 4.69) is 15.5 Å². The van der Waals surface area contributed by atoms with Crippen molar-refractivity contribution in [2.24, 2.45) is 0 Å². The second-order valence-electron chi connectivity index (χ2n) is 8.53. The Morgan fingerprint density at radius 3 is 2.35 bits per heavy atom. The first-order chi connectivity index (χ1) is 14.7. The molecule has 0 bridgehead atoms. The van der Waals surface area contributed by atoms with Gasteiger partial charge in [0.2, 0.25) is 0 Å². The average molecular weight is 430 g/mol. The topological polar surface area (TPSA) is 93.0 Å². The molecule has 0 aliphatic carbocycles. The summed E-state index contributed by atoms with van der Waals surface area (Å²) in [6, 6.07) is 10.5. The molecule has 0 saturated carbocycles. The Morgan fingerprint density at radius 2 is 1.77 bits per heavy atom. The molecular weight excluding hydrogens is 398 g/mol. The van der Waals surface area contributed by atoms with E-state index in [1.165, 1.54) is 0 Å². The van der Waals surface area contributed by atoms with Crippen LogP contribution in [0.1, 0.15) is 48.7 Å². The molecule has 168 valence electrons. The largest absolute Gasteiger partial charge is 0.465 e. The SMILES string of the molecule is Cc1ccc([C@@H](CNC(=O)c2ccc(NC(=O)OC(C)(C)C)cc2)N2CCOCC2)o1. The molecular formula is C23H31N3O5. The fourth-order valence-corrected chi connectivity index (χ4v) is 3.35. The minimum Gasteiger partial charge on any atom is -0.465 e. The van der Waals surface area contributed by atoms with Gasteiger partial charge >= 0.3 is 6.09 Å². The van der Waals surface area contributed by atoms with Gasteiger partial charge in [-0.05, 0) is 64.1 Å². The van der Waals surface area contributed by atoms with Gasteiger partial charge < -0.3 is 19.2 Å². The number of nitrogens with one attached hydrogen (secondary N) is 2. The van der Waals surface area contributed by atoms with Crippen LogP contribution in [0.15, 0.2) is 40.8 Å². The Hall–Kier alpha value is -2.84. The second kappa shape index (κ2) is 9.98. The fraction of sp³-hybridized carbons (Fsp3) is 0.478. The van der Waals surface area contributed by atoms with E-state index < -0.39 is 11.7 Å². The summed E-state index contributed by atoms with van der Waals surface area (Å²) in [5.74, 6) is 1.48. The minimum absolute atomic E-state index is 0.0605. The number of hydrogen-bond acceptors (Lipinski definition) is 6. The van der Waals surface area contributed by atoms with Gasteiger partial charge in [-0.3, -0.25) is 15.0 Å². The number of aryl methyl sites for hydroxylation is 1. The van der Waals surface area contributed by atoms with Crippen molar-refractivity contribution in [2.45, 2.75) is 39.3 Å². The summed E-state index contributed by atoms with van der Waals surface area (Å²) in [7, 11) is 0. The number of furan rings is 1. The van der Waals surface area contributed by atoms with Crippen LogP contribution in [0, 0.1) is 6.92 Å². The Labute approximate surface area is 182 Å². The van der Waals surface area contributed by atoms with E-state index in [0.29, 0.717) is 31.0 Å². The van der Waals surface area contributed by atoms with Gasteiger partial charge in [-0.1, -0.05) is 0 Å². The first-order valence-corrected chi connectivity index (χ1v) is 10.5. The maximum Gasteiger partial charge on any atom is 0.412 e. The van der Waals surface area contributed by atoms with Crippen molar-refractivity contribution in [3.05, 3.63) is 53.5 Å². The highest BCUT2D eigenvalue weighted by Gasteiger charge is 2.26. The van der Waals surface area contributed by atoms with Crippen molar-refractivity contribution in [2.75, 3.05) is 38.2 Å². The number of benzene rings is 1. The van der Waals surface area contributed by atoms with E-state index in [0.717, 1.165) is 24.6 Å². The van der Waals surface area contributed by atoms with E-state index in [1.54, 1.807) is 45.0 Å². The molecule has 1 aromatic heterocycles. The van der Waals surface area contributed by atoms with Crippen LogP contribution >= 0.6 is 0 Å². The second-order valence-corrected chi connectivity index (χ2v) is 8.53. The molecule has 0 unspecified atom stereocenters. The normalized spacial score (nSPS) is 15.9. The van der Waals surface area contributed by atoms with E-state index >= 15 is 0 Å². The van der Waals surface area contributed by atoms with E-state index in [4.69, 9.17) is 13.9 Å². The number of amides is 2. The van der Waals surface area contributed by atoms with Crippen molar-refractivity contribution in [3.63, 3.8) is 0 Å². The highest BCUT2D eigenvalue weighted by molar-refractivity contribution is 5.95. The predicted octanol–water partition coefficient (Wildman–Crippen LogP) is 3.74. The third-order valence-electron chi connectivity index (χ3n) is 4.82. The summed E-state index contributed by atoms with van der Waals surface area (Å²) in [5, 5.41) is 5.66. The average Bonchev–Trinajstić information content (AvgIpc) is 3.14. The Kier molecular flexibility index (Phi) is 7.35. The smallest absolute Gasteiger partial charge is 0.412 e. The molecule has 1 saturated heterocycles. The molecule has 0 spiro atoms. The molecule has 2 amide bonds. The third kappa shape index (κ3) is 6.83. The number of anilines is 1. The lowest BCUT2D eigenvalue weighted by Crippen LogP contribution is -2.43. The number of rotatable bonds is 6. The van der Waals surface area contributed by atoms with Crippen LogP contribution in [0.25, 0.3) is 0 Å². The molecule has 1 aliphatic rings. The van der Waals surface area contributed by atoms with Crippen LogP contribution in [-0.4, -0.2) is 55.3 Å². The number of hydrogen-bond donors (Lipinski definition) is 2. The number of morpholine rings is 1. The van der Waals surface area contributed by atoms with E-state index in [-0.39, 0.29) is 11.9 Å². The van der Waals surface area contributed by atoms with Crippen molar-refractivity contribution < 1.29 is 23.5 Å². The molecule has 1 fully saturated rings. The standard InChI is InChI=1S/C23H31N3O5/c1-16-5-10-20(30-16)19(26-11-13-29-14-12-26)15-24-21(27)17-6-8-18(9-7-17)25-22(28)31-23(2,3)4/h5-10,19H,11-15H2,1-4H3,(H,24,27)(H,25,28)/t19-/m1/s1. The zero-order valence-electron chi connectivity index (χ0n) is 18.6. The molecule has 1 aromatic carbocycles. The van der Waals surface area contributed by atoms with Crippen molar-refractivity contribution in [1.29, 1.82) is 0 Å². The van der Waals surface area contributed by atoms with E-state index in [9.17, 15) is 9.59 Å². The zero-order chi connectivity index (χ0) is 22.4. The quantitative estimate of drug-likeness (QED) is 0.727. The lowest BCUT2D eigenvalue weighted by atomic mass is 10.1. The molecule has 2 aromatic rings. The lowest BCUT2D eigenvalue weighted by Gasteiger charge is -2.33. The van der Waals surface area contributed by atoms with Crippen molar-refractivity contribution >= 4 is 17.7 Å². The van der Waals surface area contributed by atoms with Gasteiger partial charge in [-0.25, -0.2) is 4.79 Å². The summed E-state index contributed by atoms with van der Waals surface area (Å²) in [6.45, 7) is 10.6. The molecule has 31 heavy (non-hydrogen) atoms. The van der Waals surface area contributed by atoms with Gasteiger partial charge in [0.05, 0.1) is 19.3 Å². The summed E-state index contributed by atoms with van der Waals surface area (Å²) >= 11 is 0. The highest BCUT2D eigenvalue weighted by atomic mass is 16.6. The maximum atomic E-state index is 12.7. The number of carbonyl (C=O) groups is 2. The number of carbonyl (C=O) groups excluding carboxylic acids is 2. The third-order valence-corrected chi connectivity index (χ3v) is 4.82. The van der Waals surface area contributed by atoms with Gasteiger partial charge in [0, 0.05) is 30.9 Å². The van der Waals surface area contributed by atoms with Gasteiger partial charge in [-0.2, -0.15) is 0 Å². The van der Waals surface area contributed by atoms with Gasteiger partial charge in [0.15, 0.2) is 0 Å². The van der Waals surface area contributed by atoms with Crippen LogP contribution in [0.2, 0.25) is 0 Å². The Bertz CT molecular complexity index is 879. The Morgan fingerprint density at radius 1 is 1.10 bits per heavy atom. The molecule has 8 heteroatoms. The summed E-state index contributed by atoms with van der Waals surface area (Å²) in [6.07, 6.45) is -0.535. The number of nitrogens with zero attached hydrogens (tertiary/aromatic N) is 1. The van der Waals surface area contributed by atoms with E-state index in [1.807, 2.05) is 19.1 Å². The molecule has 0 radical (unpaired) electrons. The maximum absolute atomic E-state index is 12.7. The Balaban J connectivity index is 1.59. The minimum atomic E-state index is -0.576. The van der Waals surface area contributed by atoms with Crippen LogP contribution in [0.5, 0.6) is 0 Å². The molecule has 1 atom stereocenters. The summed E-state index contributed by atoms with van der Waals surface area (Å²) < 4.78 is 16.5. The first kappa shape index (κ1) is 22.8. The molecule has 3 rings (SSSR count). The van der Waals surface area contributed by atoms with Gasteiger partial charge in [0.1, 0.15) is 17.1 Å². The molecule has 8 nitrogen and oxygen atoms in total. The van der Waals surface area contributed by atoms with Crippen LogP contribution in [0.3, 0.4) is 0 Å². The highest BCUT2D eigenvalue weighted by Crippen LogP contribution is 2.23. The van der Waals surface area contributed by atoms with Crippen molar-refractivity contribution in [1.82, 2.24) is 10.2 Å². The van der Waals surface area contributed by atoms with Gasteiger partial charge in [-0.15, -0.1) is 0 Å². The lowest BCUT2D eigenvalue weighted by molar-refractivity contribution is 0.0117. The predicted molar refractivity (Wildman–Crippen MR) is 117 cm³/mol. The van der Waals surface area contributed by atoms with Crippen LogP contribution in [0.4, 0.5) is 10.5 Å². The fourth-order valence-electron chi connectivity index (χ4n) is 3.35. The van der Waals surface area contributed by atoms with Crippen LogP contribution < -0.4 is 10.6 Å². The van der Waals surface area contributed by atoms with Crippen molar-refractivity contribution in [3.8, 4) is 0 Å². The monoisotopic (exact) mass is 429 g/mol. The zero-order valence-corrected chi connectivity index (χ0v) is 18.6.